The van der Waals surface area contributed by atoms with E-state index in [9.17, 15) is 4.79 Å². The van der Waals surface area contributed by atoms with E-state index in [1.807, 2.05) is 36.1 Å². The van der Waals surface area contributed by atoms with Crippen molar-refractivity contribution in [3.8, 4) is 0 Å². The summed E-state index contributed by atoms with van der Waals surface area (Å²) in [4.78, 5) is 16.4. The minimum Gasteiger partial charge on any atom is -0.324 e. The Hall–Kier alpha value is -1.59. The summed E-state index contributed by atoms with van der Waals surface area (Å²) in [6.07, 6.45) is 1.02. The number of urea groups is 1. The number of hydrogen-bond acceptors (Lipinski definition) is 3. The van der Waals surface area contributed by atoms with Crippen LogP contribution in [-0.4, -0.2) is 49.1 Å². The van der Waals surface area contributed by atoms with Crippen LogP contribution in [0.2, 0.25) is 0 Å². The SMILES string of the molecule is CC(N)c1cccc(NC(=O)N2CCCN(C)CC2)c1. The van der Waals surface area contributed by atoms with Crippen LogP contribution in [-0.2, 0) is 0 Å². The molecule has 1 aromatic rings. The summed E-state index contributed by atoms with van der Waals surface area (Å²) in [5, 5.41) is 2.96. The van der Waals surface area contributed by atoms with Crippen LogP contribution in [0, 0.1) is 0 Å². The van der Waals surface area contributed by atoms with E-state index in [-0.39, 0.29) is 12.1 Å². The van der Waals surface area contributed by atoms with Crippen molar-refractivity contribution >= 4 is 11.7 Å². The van der Waals surface area contributed by atoms with Crippen molar-refractivity contribution in [2.45, 2.75) is 19.4 Å². The molecule has 5 nitrogen and oxygen atoms in total. The van der Waals surface area contributed by atoms with Gasteiger partial charge in [0.25, 0.3) is 0 Å². The summed E-state index contributed by atoms with van der Waals surface area (Å²) in [5.41, 5.74) is 7.70. The van der Waals surface area contributed by atoms with Crippen LogP contribution >= 0.6 is 0 Å². The minimum absolute atomic E-state index is 0.0258. The van der Waals surface area contributed by atoms with E-state index in [4.69, 9.17) is 5.73 Å². The first-order valence-corrected chi connectivity index (χ1v) is 7.16. The normalized spacial score (nSPS) is 18.4. The summed E-state index contributed by atoms with van der Waals surface area (Å²) in [6.45, 7) is 5.49. The predicted octanol–water partition coefficient (Wildman–Crippen LogP) is 1.88. The minimum atomic E-state index is -0.0290. The van der Waals surface area contributed by atoms with Crippen LogP contribution in [0.4, 0.5) is 10.5 Å². The second-order valence-electron chi connectivity index (χ2n) is 5.49. The van der Waals surface area contributed by atoms with E-state index in [0.717, 1.165) is 43.9 Å². The Bertz CT molecular complexity index is 461. The molecule has 0 saturated carbocycles. The van der Waals surface area contributed by atoms with Gasteiger partial charge in [0.05, 0.1) is 0 Å². The lowest BCUT2D eigenvalue weighted by Gasteiger charge is -2.21. The Morgan fingerprint density at radius 3 is 2.85 bits per heavy atom. The molecule has 1 unspecified atom stereocenters. The summed E-state index contributed by atoms with van der Waals surface area (Å²) >= 11 is 0. The first-order chi connectivity index (χ1) is 9.56. The van der Waals surface area contributed by atoms with Gasteiger partial charge in [0.15, 0.2) is 0 Å². The molecule has 1 fully saturated rings. The number of benzene rings is 1. The van der Waals surface area contributed by atoms with Gasteiger partial charge in [-0.25, -0.2) is 4.79 Å². The average molecular weight is 276 g/mol. The van der Waals surface area contributed by atoms with E-state index in [1.54, 1.807) is 0 Å². The lowest BCUT2D eigenvalue weighted by atomic mass is 10.1. The second kappa shape index (κ2) is 6.72. The fraction of sp³-hybridized carbons (Fsp3) is 0.533. The van der Waals surface area contributed by atoms with E-state index in [2.05, 4.69) is 17.3 Å². The highest BCUT2D eigenvalue weighted by molar-refractivity contribution is 5.89. The van der Waals surface area contributed by atoms with Crippen molar-refractivity contribution in [1.29, 1.82) is 0 Å². The van der Waals surface area contributed by atoms with Gasteiger partial charge in [-0.05, 0) is 44.6 Å². The highest BCUT2D eigenvalue weighted by atomic mass is 16.2. The Kier molecular flexibility index (Phi) is 4.98. The molecule has 1 saturated heterocycles. The van der Waals surface area contributed by atoms with E-state index >= 15 is 0 Å². The van der Waals surface area contributed by atoms with Gasteiger partial charge in [-0.3, -0.25) is 0 Å². The largest absolute Gasteiger partial charge is 0.324 e. The van der Waals surface area contributed by atoms with Gasteiger partial charge in [0.2, 0.25) is 0 Å². The molecule has 1 heterocycles. The first kappa shape index (κ1) is 14.8. The molecular formula is C15H24N4O. The molecule has 20 heavy (non-hydrogen) atoms. The molecule has 3 N–H and O–H groups in total. The third-order valence-electron chi connectivity index (χ3n) is 3.67. The Morgan fingerprint density at radius 2 is 2.10 bits per heavy atom. The molecule has 0 radical (unpaired) electrons. The molecule has 1 aliphatic rings. The maximum atomic E-state index is 12.3. The van der Waals surface area contributed by atoms with Crippen LogP contribution in [0.25, 0.3) is 0 Å². The number of hydrogen-bond donors (Lipinski definition) is 2. The topological polar surface area (TPSA) is 61.6 Å². The highest BCUT2D eigenvalue weighted by Gasteiger charge is 2.17. The van der Waals surface area contributed by atoms with Crippen LogP contribution in [0.5, 0.6) is 0 Å². The lowest BCUT2D eigenvalue weighted by molar-refractivity contribution is 0.213. The molecule has 1 aromatic carbocycles. The van der Waals surface area contributed by atoms with Gasteiger partial charge in [0, 0.05) is 31.4 Å². The molecule has 0 bridgehead atoms. The van der Waals surface area contributed by atoms with Gasteiger partial charge in [-0.1, -0.05) is 12.1 Å². The number of rotatable bonds is 2. The zero-order chi connectivity index (χ0) is 14.5. The third-order valence-corrected chi connectivity index (χ3v) is 3.67. The van der Waals surface area contributed by atoms with Crippen LogP contribution in [0.1, 0.15) is 24.9 Å². The van der Waals surface area contributed by atoms with Gasteiger partial charge in [0.1, 0.15) is 0 Å². The zero-order valence-electron chi connectivity index (χ0n) is 12.3. The van der Waals surface area contributed by atoms with Crippen molar-refractivity contribution < 1.29 is 4.79 Å². The van der Waals surface area contributed by atoms with E-state index in [0.29, 0.717) is 0 Å². The van der Waals surface area contributed by atoms with E-state index < -0.39 is 0 Å². The van der Waals surface area contributed by atoms with E-state index in [1.165, 1.54) is 0 Å². The quantitative estimate of drug-likeness (QED) is 0.867. The maximum absolute atomic E-state index is 12.3. The van der Waals surface area contributed by atoms with Gasteiger partial charge < -0.3 is 20.9 Å². The molecule has 1 aliphatic heterocycles. The molecule has 0 spiro atoms. The second-order valence-corrected chi connectivity index (χ2v) is 5.49. The molecular weight excluding hydrogens is 252 g/mol. The number of carbonyl (C=O) groups is 1. The fourth-order valence-corrected chi connectivity index (χ4v) is 2.35. The van der Waals surface area contributed by atoms with Crippen molar-refractivity contribution in [3.05, 3.63) is 29.8 Å². The zero-order valence-corrected chi connectivity index (χ0v) is 12.3. The van der Waals surface area contributed by atoms with Gasteiger partial charge in [-0.15, -0.1) is 0 Å². The Balaban J connectivity index is 1.98. The number of nitrogens with zero attached hydrogens (tertiary/aromatic N) is 2. The standard InChI is InChI=1S/C15H24N4O/c1-12(16)13-5-3-6-14(11-13)17-15(20)19-8-4-7-18(2)9-10-19/h3,5-6,11-12H,4,7-10,16H2,1-2H3,(H,17,20). The van der Waals surface area contributed by atoms with Crippen LogP contribution in [0.15, 0.2) is 24.3 Å². The lowest BCUT2D eigenvalue weighted by Crippen LogP contribution is -2.37. The first-order valence-electron chi connectivity index (χ1n) is 7.16. The number of carbonyl (C=O) groups excluding carboxylic acids is 1. The van der Waals surface area contributed by atoms with Crippen LogP contribution < -0.4 is 11.1 Å². The number of amides is 2. The number of likely N-dealkylation sites (N-methyl/N-ethyl adjacent to an activating group) is 1. The average Bonchev–Trinajstić information content (AvgIpc) is 2.64. The highest BCUT2D eigenvalue weighted by Crippen LogP contribution is 2.16. The molecule has 1 atom stereocenters. The number of nitrogens with two attached hydrogens (primary N) is 1. The van der Waals surface area contributed by atoms with Crippen molar-refractivity contribution in [2.24, 2.45) is 5.73 Å². The Labute approximate surface area is 120 Å². The van der Waals surface area contributed by atoms with Crippen molar-refractivity contribution in [1.82, 2.24) is 9.80 Å². The molecule has 0 aliphatic carbocycles. The van der Waals surface area contributed by atoms with Gasteiger partial charge >= 0.3 is 6.03 Å². The molecule has 2 amide bonds. The summed E-state index contributed by atoms with van der Waals surface area (Å²) in [7, 11) is 2.09. The molecule has 2 rings (SSSR count). The number of anilines is 1. The van der Waals surface area contributed by atoms with Crippen molar-refractivity contribution in [2.75, 3.05) is 38.5 Å². The summed E-state index contributed by atoms with van der Waals surface area (Å²) in [6, 6.07) is 7.67. The van der Waals surface area contributed by atoms with Crippen LogP contribution in [0.3, 0.4) is 0 Å². The summed E-state index contributed by atoms with van der Waals surface area (Å²) < 4.78 is 0. The number of nitrogens with one attached hydrogen (secondary N) is 1. The maximum Gasteiger partial charge on any atom is 0.321 e. The Morgan fingerprint density at radius 1 is 1.30 bits per heavy atom. The fourth-order valence-electron chi connectivity index (χ4n) is 2.35. The monoisotopic (exact) mass is 276 g/mol. The predicted molar refractivity (Wildman–Crippen MR) is 81.8 cm³/mol. The van der Waals surface area contributed by atoms with Gasteiger partial charge in [-0.2, -0.15) is 0 Å². The molecule has 5 heteroatoms. The molecule has 0 aromatic heterocycles. The smallest absolute Gasteiger partial charge is 0.321 e. The third kappa shape index (κ3) is 3.95. The summed E-state index contributed by atoms with van der Waals surface area (Å²) in [5.74, 6) is 0. The molecule has 110 valence electrons. The van der Waals surface area contributed by atoms with Crippen molar-refractivity contribution in [3.63, 3.8) is 0 Å².